The van der Waals surface area contributed by atoms with Gasteiger partial charge in [0.25, 0.3) is 5.56 Å². The summed E-state index contributed by atoms with van der Waals surface area (Å²) in [6, 6.07) is -1.74. The molecule has 8 N–H and O–H groups in total. The van der Waals surface area contributed by atoms with E-state index in [1.54, 1.807) is 0 Å². The molecule has 0 saturated heterocycles. The summed E-state index contributed by atoms with van der Waals surface area (Å²) in [4.78, 5) is 32.9. The first-order valence-corrected chi connectivity index (χ1v) is 8.27. The lowest BCUT2D eigenvalue weighted by molar-refractivity contribution is -0.122. The Labute approximate surface area is 145 Å². The summed E-state index contributed by atoms with van der Waals surface area (Å²) in [6.07, 6.45) is -1.71. The van der Waals surface area contributed by atoms with Gasteiger partial charge >= 0.3 is 0 Å². The molecule has 0 radical (unpaired) electrons. The molecular weight excluding hydrogens is 328 g/mol. The summed E-state index contributed by atoms with van der Waals surface area (Å²) in [6.45, 7) is 5.23. The zero-order chi connectivity index (χ0) is 18.9. The van der Waals surface area contributed by atoms with Gasteiger partial charge < -0.3 is 27.0 Å². The maximum absolute atomic E-state index is 13.0. The van der Waals surface area contributed by atoms with Crippen molar-refractivity contribution in [3.8, 4) is 0 Å². The van der Waals surface area contributed by atoms with Crippen LogP contribution in [0, 0.1) is 5.92 Å². The molecule has 0 aromatic carbocycles. The summed E-state index contributed by atoms with van der Waals surface area (Å²) < 4.78 is 0. The van der Waals surface area contributed by atoms with Gasteiger partial charge in [-0.3, -0.25) is 19.5 Å². The number of nitrogens with zero attached hydrogens (tertiary/aromatic N) is 2. The van der Waals surface area contributed by atoms with Gasteiger partial charge in [-0.05, 0) is 12.8 Å². The number of aromatic amines is 1. The maximum Gasteiger partial charge on any atom is 0.278 e. The van der Waals surface area contributed by atoms with Crippen LogP contribution in [0.15, 0.2) is 4.79 Å². The van der Waals surface area contributed by atoms with E-state index in [4.69, 9.17) is 11.5 Å². The van der Waals surface area contributed by atoms with E-state index < -0.39 is 35.8 Å². The van der Waals surface area contributed by atoms with E-state index in [-0.39, 0.29) is 29.9 Å². The lowest BCUT2D eigenvalue weighted by Crippen LogP contribution is -2.61. The number of aliphatic hydroxyl groups excluding tert-OH is 2. The molecule has 1 amide bonds. The SMILES string of the molecule is CC[C@H](C)[C@H](N)C(=O)N1c2c(nc(N)[nH]c2=O)NC[C@@H]1[C@@H](O)[C@H](C)O. The van der Waals surface area contributed by atoms with Gasteiger partial charge in [-0.2, -0.15) is 4.98 Å². The van der Waals surface area contributed by atoms with E-state index in [0.717, 1.165) is 4.90 Å². The number of amides is 1. The fourth-order valence-electron chi connectivity index (χ4n) is 2.82. The van der Waals surface area contributed by atoms with Crippen LogP contribution in [0.1, 0.15) is 27.2 Å². The molecule has 1 aromatic heterocycles. The van der Waals surface area contributed by atoms with Crippen LogP contribution in [0.5, 0.6) is 0 Å². The number of fused-ring (bicyclic) bond motifs is 1. The van der Waals surface area contributed by atoms with Crippen LogP contribution in [0.2, 0.25) is 0 Å². The Morgan fingerprint density at radius 1 is 1.44 bits per heavy atom. The molecule has 0 fully saturated rings. The Morgan fingerprint density at radius 2 is 2.08 bits per heavy atom. The Hall–Kier alpha value is -2.17. The summed E-state index contributed by atoms with van der Waals surface area (Å²) in [5.41, 5.74) is 10.9. The minimum absolute atomic E-state index is 0.0612. The van der Waals surface area contributed by atoms with Gasteiger partial charge in [0, 0.05) is 6.54 Å². The summed E-state index contributed by atoms with van der Waals surface area (Å²) in [7, 11) is 0. The van der Waals surface area contributed by atoms with Crippen LogP contribution in [-0.4, -0.2) is 56.9 Å². The molecule has 0 bridgehead atoms. The average Bonchev–Trinajstić information content (AvgIpc) is 2.57. The number of hydrogen-bond acceptors (Lipinski definition) is 8. The molecule has 2 rings (SSSR count). The second kappa shape index (κ2) is 7.38. The molecule has 140 valence electrons. The highest BCUT2D eigenvalue weighted by Gasteiger charge is 2.41. The quantitative estimate of drug-likeness (QED) is 0.374. The van der Waals surface area contributed by atoms with Crippen LogP contribution in [0.3, 0.4) is 0 Å². The van der Waals surface area contributed by atoms with Crippen LogP contribution in [-0.2, 0) is 4.79 Å². The van der Waals surface area contributed by atoms with Crippen LogP contribution in [0.4, 0.5) is 17.5 Å². The van der Waals surface area contributed by atoms with E-state index in [1.165, 1.54) is 6.92 Å². The number of carbonyl (C=O) groups excluding carboxylic acids is 1. The Morgan fingerprint density at radius 3 is 2.64 bits per heavy atom. The second-order valence-corrected chi connectivity index (χ2v) is 6.45. The predicted molar refractivity (Wildman–Crippen MR) is 94.2 cm³/mol. The van der Waals surface area contributed by atoms with Crippen molar-refractivity contribution in [3.63, 3.8) is 0 Å². The topological polar surface area (TPSA) is 171 Å². The summed E-state index contributed by atoms with van der Waals surface area (Å²) in [5.74, 6) is -0.598. The van der Waals surface area contributed by atoms with Crippen molar-refractivity contribution in [2.24, 2.45) is 11.7 Å². The number of nitrogens with two attached hydrogens (primary N) is 2. The van der Waals surface area contributed by atoms with Crippen LogP contribution >= 0.6 is 0 Å². The molecule has 0 aliphatic carbocycles. The van der Waals surface area contributed by atoms with Crippen molar-refractivity contribution < 1.29 is 15.0 Å². The molecule has 25 heavy (non-hydrogen) atoms. The first-order valence-electron chi connectivity index (χ1n) is 8.27. The van der Waals surface area contributed by atoms with Gasteiger partial charge in [0.05, 0.1) is 18.2 Å². The zero-order valence-electron chi connectivity index (χ0n) is 14.6. The molecule has 5 atom stereocenters. The molecule has 1 aliphatic heterocycles. The number of anilines is 3. The van der Waals surface area contributed by atoms with E-state index >= 15 is 0 Å². The molecular formula is C15H26N6O4. The molecule has 10 heteroatoms. The Bertz CT molecular complexity index is 691. The van der Waals surface area contributed by atoms with E-state index in [0.29, 0.717) is 6.42 Å². The number of rotatable bonds is 5. The van der Waals surface area contributed by atoms with E-state index in [2.05, 4.69) is 15.3 Å². The molecule has 2 heterocycles. The van der Waals surface area contributed by atoms with E-state index in [9.17, 15) is 19.8 Å². The Kier molecular flexibility index (Phi) is 5.65. The number of H-pyrrole nitrogens is 1. The third-order valence-corrected chi connectivity index (χ3v) is 4.63. The predicted octanol–water partition coefficient (Wildman–Crippen LogP) is -1.41. The minimum Gasteiger partial charge on any atom is -0.391 e. The van der Waals surface area contributed by atoms with Crippen molar-refractivity contribution in [3.05, 3.63) is 10.4 Å². The van der Waals surface area contributed by atoms with Crippen molar-refractivity contribution >= 4 is 23.4 Å². The highest BCUT2D eigenvalue weighted by molar-refractivity contribution is 6.00. The van der Waals surface area contributed by atoms with Gasteiger partial charge in [-0.1, -0.05) is 20.3 Å². The third kappa shape index (κ3) is 3.60. The van der Waals surface area contributed by atoms with Crippen molar-refractivity contribution in [2.75, 3.05) is 22.5 Å². The number of hydrogen-bond donors (Lipinski definition) is 6. The largest absolute Gasteiger partial charge is 0.391 e. The second-order valence-electron chi connectivity index (χ2n) is 6.45. The first kappa shape index (κ1) is 19.2. The average molecular weight is 354 g/mol. The van der Waals surface area contributed by atoms with Gasteiger partial charge in [0.1, 0.15) is 6.10 Å². The highest BCUT2D eigenvalue weighted by atomic mass is 16.3. The minimum atomic E-state index is -1.27. The molecule has 0 spiro atoms. The third-order valence-electron chi connectivity index (χ3n) is 4.63. The maximum atomic E-state index is 13.0. The van der Waals surface area contributed by atoms with Crippen LogP contribution < -0.4 is 27.2 Å². The molecule has 0 saturated carbocycles. The van der Waals surface area contributed by atoms with Gasteiger partial charge in [-0.25, -0.2) is 0 Å². The van der Waals surface area contributed by atoms with Gasteiger partial charge in [0.15, 0.2) is 11.5 Å². The van der Waals surface area contributed by atoms with E-state index in [1.807, 2.05) is 13.8 Å². The summed E-state index contributed by atoms with van der Waals surface area (Å²) >= 11 is 0. The molecule has 10 nitrogen and oxygen atoms in total. The fourth-order valence-corrected chi connectivity index (χ4v) is 2.82. The molecule has 1 aromatic rings. The standard InChI is InChI=1S/C15H26N6O4/c1-4-6(2)9(16)14(25)21-8(11(23)7(3)22)5-18-12-10(21)13(24)20-15(17)19-12/h6-9,11,22-23H,4-5,16H2,1-3H3,(H4,17,18,19,20,24)/t6-,7-,8+,9-,11-/m0/s1. The number of nitrogens with one attached hydrogen (secondary N) is 2. The number of aromatic nitrogens is 2. The van der Waals surface area contributed by atoms with Gasteiger partial charge in [0.2, 0.25) is 11.9 Å². The highest BCUT2D eigenvalue weighted by Crippen LogP contribution is 2.29. The van der Waals surface area contributed by atoms with Gasteiger partial charge in [-0.15, -0.1) is 0 Å². The Balaban J connectivity index is 2.55. The monoisotopic (exact) mass is 354 g/mol. The summed E-state index contributed by atoms with van der Waals surface area (Å²) in [5, 5.41) is 23.0. The number of nitrogen functional groups attached to an aromatic ring is 1. The fraction of sp³-hybridized carbons (Fsp3) is 0.667. The lowest BCUT2D eigenvalue weighted by atomic mass is 9.95. The van der Waals surface area contributed by atoms with Crippen molar-refractivity contribution in [2.45, 2.75) is 51.5 Å². The molecule has 0 unspecified atom stereocenters. The molecule has 1 aliphatic rings. The van der Waals surface area contributed by atoms with Crippen molar-refractivity contribution in [1.29, 1.82) is 0 Å². The zero-order valence-corrected chi connectivity index (χ0v) is 14.6. The lowest BCUT2D eigenvalue weighted by Gasteiger charge is -2.41. The van der Waals surface area contributed by atoms with Crippen molar-refractivity contribution in [1.82, 2.24) is 9.97 Å². The number of aliphatic hydroxyl groups is 2. The van der Waals surface area contributed by atoms with Crippen LogP contribution in [0.25, 0.3) is 0 Å². The smallest absolute Gasteiger partial charge is 0.278 e. The first-order chi connectivity index (χ1) is 11.7. The number of carbonyl (C=O) groups is 1. The normalized spacial score (nSPS) is 21.7.